The zero-order chi connectivity index (χ0) is 22.7. The minimum atomic E-state index is -0.327. The van der Waals surface area contributed by atoms with Crippen LogP contribution < -0.4 is 10.6 Å². The summed E-state index contributed by atoms with van der Waals surface area (Å²) < 4.78 is 0. The molecule has 4 amide bonds. The fraction of sp³-hybridized carbons (Fsp3) is 0.333. The Kier molecular flexibility index (Phi) is 6.20. The van der Waals surface area contributed by atoms with Crippen LogP contribution in [0.4, 0.5) is 11.4 Å². The summed E-state index contributed by atoms with van der Waals surface area (Å²) in [6.07, 6.45) is 2.65. The monoisotopic (exact) mass is 434 g/mol. The molecule has 8 heteroatoms. The highest BCUT2D eigenvalue weighted by molar-refractivity contribution is 6.04. The van der Waals surface area contributed by atoms with Gasteiger partial charge in [0.05, 0.1) is 0 Å². The van der Waals surface area contributed by atoms with Crippen LogP contribution in [0, 0.1) is 0 Å². The average molecular weight is 434 g/mol. The predicted molar refractivity (Wildman–Crippen MR) is 120 cm³/mol. The number of piperidine rings is 1. The molecular formula is C24H26N4O4. The molecule has 2 N–H and O–H groups in total. The molecule has 2 saturated heterocycles. The number of anilines is 2. The molecule has 0 aliphatic carbocycles. The minimum Gasteiger partial charge on any atom is -0.329 e. The number of carbonyl (C=O) groups excluding carboxylic acids is 4. The highest BCUT2D eigenvalue weighted by Crippen LogP contribution is 2.24. The van der Waals surface area contributed by atoms with Crippen LogP contribution in [0.25, 0.3) is 0 Å². The second kappa shape index (κ2) is 9.21. The zero-order valence-electron chi connectivity index (χ0n) is 18.0. The Morgan fingerprint density at radius 3 is 2.25 bits per heavy atom. The van der Waals surface area contributed by atoms with Gasteiger partial charge in [-0.25, -0.2) is 0 Å². The van der Waals surface area contributed by atoms with Crippen LogP contribution in [0.15, 0.2) is 48.5 Å². The summed E-state index contributed by atoms with van der Waals surface area (Å²) in [5.41, 5.74) is 2.62. The summed E-state index contributed by atoms with van der Waals surface area (Å²) in [6, 6.07) is 13.6. The minimum absolute atomic E-state index is 0.00818. The predicted octanol–water partition coefficient (Wildman–Crippen LogP) is 2.62. The molecule has 2 fully saturated rings. The molecule has 0 aromatic heterocycles. The maximum Gasteiger partial charge on any atom is 0.255 e. The fourth-order valence-electron chi connectivity index (χ4n) is 4.19. The van der Waals surface area contributed by atoms with E-state index in [0.717, 1.165) is 24.8 Å². The number of nitrogens with zero attached hydrogens (tertiary/aromatic N) is 2. The topological polar surface area (TPSA) is 98.8 Å². The smallest absolute Gasteiger partial charge is 0.255 e. The van der Waals surface area contributed by atoms with Crippen molar-refractivity contribution < 1.29 is 19.2 Å². The number of benzene rings is 2. The first-order chi connectivity index (χ1) is 15.4. The number of nitrogens with one attached hydrogen (secondary N) is 2. The lowest BCUT2D eigenvalue weighted by molar-refractivity contribution is -0.158. The van der Waals surface area contributed by atoms with Gasteiger partial charge in [-0.2, -0.15) is 0 Å². The Bertz CT molecular complexity index is 1030. The number of fused-ring (bicyclic) bond motifs is 1. The lowest BCUT2D eigenvalue weighted by Gasteiger charge is -2.42. The second-order valence-corrected chi connectivity index (χ2v) is 8.20. The molecule has 166 valence electrons. The molecular weight excluding hydrogens is 408 g/mol. The summed E-state index contributed by atoms with van der Waals surface area (Å²) in [4.78, 5) is 52.2. The van der Waals surface area contributed by atoms with Crippen molar-refractivity contribution in [2.75, 3.05) is 23.7 Å². The first kappa shape index (κ1) is 21.5. The van der Waals surface area contributed by atoms with E-state index in [-0.39, 0.29) is 36.2 Å². The molecule has 0 radical (unpaired) electrons. The van der Waals surface area contributed by atoms with Crippen LogP contribution in [0.2, 0.25) is 0 Å². The SMILES string of the molecule is CC(=O)Nc1ccc(NC(=O)c2ccc(CN3CC(=O)N4CCCCC4C3=O)cc2)cc1. The molecule has 2 aliphatic rings. The quantitative estimate of drug-likeness (QED) is 0.756. The Morgan fingerprint density at radius 2 is 1.59 bits per heavy atom. The molecule has 0 spiro atoms. The van der Waals surface area contributed by atoms with Gasteiger partial charge in [-0.3, -0.25) is 19.2 Å². The van der Waals surface area contributed by atoms with Crippen molar-refractivity contribution in [1.82, 2.24) is 9.80 Å². The third-order valence-corrected chi connectivity index (χ3v) is 5.80. The van der Waals surface area contributed by atoms with Crippen LogP contribution in [0.1, 0.15) is 42.1 Å². The zero-order valence-corrected chi connectivity index (χ0v) is 18.0. The van der Waals surface area contributed by atoms with Crippen molar-refractivity contribution in [3.8, 4) is 0 Å². The number of amides is 4. The fourth-order valence-corrected chi connectivity index (χ4v) is 4.19. The highest BCUT2D eigenvalue weighted by atomic mass is 16.2. The van der Waals surface area contributed by atoms with Crippen molar-refractivity contribution in [2.45, 2.75) is 38.8 Å². The van der Waals surface area contributed by atoms with Crippen LogP contribution in [-0.2, 0) is 20.9 Å². The summed E-state index contributed by atoms with van der Waals surface area (Å²) >= 11 is 0. The largest absolute Gasteiger partial charge is 0.329 e. The van der Waals surface area contributed by atoms with E-state index in [1.807, 2.05) is 0 Å². The van der Waals surface area contributed by atoms with E-state index in [4.69, 9.17) is 0 Å². The van der Waals surface area contributed by atoms with E-state index < -0.39 is 0 Å². The van der Waals surface area contributed by atoms with Crippen molar-refractivity contribution in [3.63, 3.8) is 0 Å². The number of hydrogen-bond donors (Lipinski definition) is 2. The maximum absolute atomic E-state index is 12.8. The molecule has 8 nitrogen and oxygen atoms in total. The molecule has 4 rings (SSSR count). The number of piperazine rings is 1. The molecule has 1 atom stereocenters. The average Bonchev–Trinajstić information content (AvgIpc) is 2.79. The van der Waals surface area contributed by atoms with E-state index in [1.54, 1.807) is 58.3 Å². The van der Waals surface area contributed by atoms with E-state index in [2.05, 4.69) is 10.6 Å². The van der Waals surface area contributed by atoms with Crippen LogP contribution in [0.3, 0.4) is 0 Å². The van der Waals surface area contributed by atoms with Gasteiger partial charge in [-0.05, 0) is 61.2 Å². The number of hydrogen-bond acceptors (Lipinski definition) is 4. The van der Waals surface area contributed by atoms with Crippen molar-refractivity contribution in [3.05, 3.63) is 59.7 Å². The van der Waals surface area contributed by atoms with Crippen molar-refractivity contribution >= 4 is 35.0 Å². The van der Waals surface area contributed by atoms with Gasteiger partial charge in [0.1, 0.15) is 12.6 Å². The van der Waals surface area contributed by atoms with Gasteiger partial charge in [0.2, 0.25) is 17.7 Å². The number of rotatable bonds is 5. The summed E-state index contributed by atoms with van der Waals surface area (Å²) in [5.74, 6) is -0.400. The molecule has 0 saturated carbocycles. The molecule has 2 aromatic rings. The first-order valence-electron chi connectivity index (χ1n) is 10.8. The second-order valence-electron chi connectivity index (χ2n) is 8.20. The van der Waals surface area contributed by atoms with Gasteiger partial charge < -0.3 is 20.4 Å². The molecule has 1 unspecified atom stereocenters. The van der Waals surface area contributed by atoms with Crippen LogP contribution in [0.5, 0.6) is 0 Å². The van der Waals surface area contributed by atoms with Crippen molar-refractivity contribution in [2.24, 2.45) is 0 Å². The third-order valence-electron chi connectivity index (χ3n) is 5.80. The lowest BCUT2D eigenvalue weighted by Crippen LogP contribution is -2.60. The molecule has 0 bridgehead atoms. The molecule has 32 heavy (non-hydrogen) atoms. The van der Waals surface area contributed by atoms with Crippen LogP contribution in [-0.4, -0.2) is 52.6 Å². The van der Waals surface area contributed by atoms with Gasteiger partial charge in [-0.1, -0.05) is 12.1 Å². The summed E-state index contributed by atoms with van der Waals surface area (Å²) in [6.45, 7) is 2.55. The molecule has 2 heterocycles. The third kappa shape index (κ3) is 4.80. The standard InChI is InChI=1S/C24H26N4O4/c1-16(29)25-19-9-11-20(12-10-19)26-23(31)18-7-5-17(6-8-18)14-27-15-22(30)28-13-3-2-4-21(28)24(27)32/h5-12,21H,2-4,13-15H2,1H3,(H,25,29)(H,26,31). The summed E-state index contributed by atoms with van der Waals surface area (Å²) in [5, 5.41) is 5.49. The highest BCUT2D eigenvalue weighted by Gasteiger charge is 2.40. The molecule has 2 aliphatic heterocycles. The van der Waals surface area contributed by atoms with Gasteiger partial charge in [0, 0.05) is 37.0 Å². The van der Waals surface area contributed by atoms with Crippen LogP contribution >= 0.6 is 0 Å². The van der Waals surface area contributed by atoms with Gasteiger partial charge >= 0.3 is 0 Å². The van der Waals surface area contributed by atoms with Gasteiger partial charge in [-0.15, -0.1) is 0 Å². The Hall–Kier alpha value is -3.68. The van der Waals surface area contributed by atoms with E-state index in [1.165, 1.54) is 6.92 Å². The Morgan fingerprint density at radius 1 is 0.938 bits per heavy atom. The maximum atomic E-state index is 12.8. The normalized spacial score (nSPS) is 18.2. The van der Waals surface area contributed by atoms with Crippen molar-refractivity contribution in [1.29, 1.82) is 0 Å². The van der Waals surface area contributed by atoms with Gasteiger partial charge in [0.25, 0.3) is 5.91 Å². The van der Waals surface area contributed by atoms with E-state index in [9.17, 15) is 19.2 Å². The van der Waals surface area contributed by atoms with E-state index >= 15 is 0 Å². The molecule has 2 aromatic carbocycles. The first-order valence-corrected chi connectivity index (χ1v) is 10.8. The van der Waals surface area contributed by atoms with E-state index in [0.29, 0.717) is 30.0 Å². The Balaban J connectivity index is 1.36. The summed E-state index contributed by atoms with van der Waals surface area (Å²) in [7, 11) is 0. The number of carbonyl (C=O) groups is 4. The Labute approximate surface area is 186 Å². The lowest BCUT2D eigenvalue weighted by atomic mass is 9.98. The van der Waals surface area contributed by atoms with Gasteiger partial charge in [0.15, 0.2) is 0 Å².